The number of amides is 2. The summed E-state index contributed by atoms with van der Waals surface area (Å²) in [6.45, 7) is 4.81. The number of hydrogen-bond acceptors (Lipinski definition) is 6. The fourth-order valence-corrected chi connectivity index (χ4v) is 4.71. The van der Waals surface area contributed by atoms with Crippen LogP contribution in [0.3, 0.4) is 0 Å². The lowest BCUT2D eigenvalue weighted by atomic mass is 9.96. The summed E-state index contributed by atoms with van der Waals surface area (Å²) in [6.07, 6.45) is 1.54. The van der Waals surface area contributed by atoms with Crippen molar-refractivity contribution in [1.29, 1.82) is 0 Å². The third kappa shape index (κ3) is 5.37. The molecule has 1 saturated heterocycles. The molecule has 8 heteroatoms. The van der Waals surface area contributed by atoms with Crippen molar-refractivity contribution in [1.82, 2.24) is 15.0 Å². The lowest BCUT2D eigenvalue weighted by Crippen LogP contribution is -2.44. The van der Waals surface area contributed by atoms with E-state index in [2.05, 4.69) is 15.5 Å². The van der Waals surface area contributed by atoms with Gasteiger partial charge in [0.05, 0.1) is 22.9 Å². The number of aryl methyl sites for hydroxylation is 2. The topological polar surface area (TPSA) is 88.3 Å². The van der Waals surface area contributed by atoms with E-state index in [4.69, 9.17) is 4.52 Å². The molecule has 0 saturated carbocycles. The van der Waals surface area contributed by atoms with Crippen LogP contribution in [0.2, 0.25) is 0 Å². The van der Waals surface area contributed by atoms with E-state index >= 15 is 0 Å². The van der Waals surface area contributed by atoms with Crippen LogP contribution in [-0.4, -0.2) is 39.9 Å². The molecule has 166 valence electrons. The molecule has 4 rings (SSSR count). The van der Waals surface area contributed by atoms with Gasteiger partial charge >= 0.3 is 0 Å². The second-order valence-electron chi connectivity index (χ2n) is 7.96. The maximum absolute atomic E-state index is 13.3. The Morgan fingerprint density at radius 2 is 2.00 bits per heavy atom. The Balaban J connectivity index is 1.42. The zero-order chi connectivity index (χ0) is 22.5. The van der Waals surface area contributed by atoms with Gasteiger partial charge in [0.1, 0.15) is 11.6 Å². The highest BCUT2D eigenvalue weighted by atomic mass is 32.2. The lowest BCUT2D eigenvalue weighted by Gasteiger charge is -2.32. The van der Waals surface area contributed by atoms with E-state index < -0.39 is 0 Å². The summed E-state index contributed by atoms with van der Waals surface area (Å²) in [6, 6.07) is 15.0. The average Bonchev–Trinajstić information content (AvgIpc) is 3.22. The van der Waals surface area contributed by atoms with E-state index in [1.165, 1.54) is 0 Å². The fraction of sp³-hybridized carbons (Fsp3) is 0.333. The summed E-state index contributed by atoms with van der Waals surface area (Å²) in [5, 5.41) is 6.81. The Hall–Kier alpha value is -3.13. The van der Waals surface area contributed by atoms with Crippen molar-refractivity contribution >= 4 is 29.4 Å². The molecule has 1 N–H and O–H groups in total. The van der Waals surface area contributed by atoms with E-state index in [0.29, 0.717) is 30.2 Å². The summed E-state index contributed by atoms with van der Waals surface area (Å²) < 4.78 is 5.28. The third-order valence-corrected chi connectivity index (χ3v) is 6.48. The van der Waals surface area contributed by atoms with E-state index in [1.807, 2.05) is 56.3 Å². The summed E-state index contributed by atoms with van der Waals surface area (Å²) in [5.41, 5.74) is 2.33. The maximum Gasteiger partial charge on any atom is 0.255 e. The van der Waals surface area contributed by atoms with Crippen LogP contribution in [0.4, 0.5) is 5.82 Å². The molecular weight excluding hydrogens is 424 g/mol. The highest BCUT2D eigenvalue weighted by Gasteiger charge is 2.30. The standard InChI is InChI=1S/C24H26N4O3S/c1-16-7-5-11-22(25-16)26-23(29)18-8-6-12-28(14-18)24(30)20-9-3-4-10-21(20)32-15-19-13-17(2)27-31-19/h3-5,7,9-11,13,18H,6,8,12,14-15H2,1-2H3,(H,25,26,29). The van der Waals surface area contributed by atoms with Crippen LogP contribution in [-0.2, 0) is 10.5 Å². The number of carbonyl (C=O) groups excluding carboxylic acids is 2. The zero-order valence-corrected chi connectivity index (χ0v) is 19.0. The summed E-state index contributed by atoms with van der Waals surface area (Å²) in [4.78, 5) is 33.2. The van der Waals surface area contributed by atoms with Gasteiger partial charge in [-0.3, -0.25) is 9.59 Å². The minimum Gasteiger partial charge on any atom is -0.360 e. The van der Waals surface area contributed by atoms with Crippen molar-refractivity contribution in [3.63, 3.8) is 0 Å². The number of nitrogens with zero attached hydrogens (tertiary/aromatic N) is 3. The molecule has 2 amide bonds. The van der Waals surface area contributed by atoms with Crippen molar-refractivity contribution in [2.75, 3.05) is 18.4 Å². The van der Waals surface area contributed by atoms with Gasteiger partial charge in [0.2, 0.25) is 5.91 Å². The Labute approximate surface area is 191 Å². The molecule has 1 aliphatic heterocycles. The van der Waals surface area contributed by atoms with Crippen molar-refractivity contribution in [2.45, 2.75) is 37.3 Å². The molecule has 2 aromatic heterocycles. The van der Waals surface area contributed by atoms with Crippen molar-refractivity contribution in [2.24, 2.45) is 5.92 Å². The third-order valence-electron chi connectivity index (χ3n) is 5.38. The number of benzene rings is 1. The molecule has 0 spiro atoms. The molecule has 1 atom stereocenters. The smallest absolute Gasteiger partial charge is 0.255 e. The molecule has 0 aliphatic carbocycles. The number of nitrogens with one attached hydrogen (secondary N) is 1. The number of pyridine rings is 1. The van der Waals surface area contributed by atoms with Gasteiger partial charge in [-0.25, -0.2) is 4.98 Å². The van der Waals surface area contributed by atoms with Crippen LogP contribution in [0.5, 0.6) is 0 Å². The molecule has 7 nitrogen and oxygen atoms in total. The monoisotopic (exact) mass is 450 g/mol. The molecule has 1 unspecified atom stereocenters. The number of aromatic nitrogens is 2. The van der Waals surface area contributed by atoms with Crippen LogP contribution in [0.25, 0.3) is 0 Å². The highest BCUT2D eigenvalue weighted by Crippen LogP contribution is 2.29. The number of likely N-dealkylation sites (tertiary alicyclic amines) is 1. The van der Waals surface area contributed by atoms with Gasteiger partial charge in [0.25, 0.3) is 5.91 Å². The Kier molecular flexibility index (Phi) is 6.90. The first kappa shape index (κ1) is 22.1. The number of piperidine rings is 1. The van der Waals surface area contributed by atoms with Crippen LogP contribution >= 0.6 is 11.8 Å². The van der Waals surface area contributed by atoms with Gasteiger partial charge in [-0.2, -0.15) is 0 Å². The van der Waals surface area contributed by atoms with Gasteiger partial charge < -0.3 is 14.7 Å². The van der Waals surface area contributed by atoms with Crippen molar-refractivity contribution < 1.29 is 14.1 Å². The first-order valence-corrected chi connectivity index (χ1v) is 11.7. The largest absolute Gasteiger partial charge is 0.360 e. The molecule has 1 fully saturated rings. The Bertz CT molecular complexity index is 1110. The maximum atomic E-state index is 13.3. The van der Waals surface area contributed by atoms with Gasteiger partial charge in [-0.05, 0) is 51.0 Å². The number of thioether (sulfide) groups is 1. The van der Waals surface area contributed by atoms with E-state index in [-0.39, 0.29) is 17.7 Å². The number of rotatable bonds is 6. The van der Waals surface area contributed by atoms with Crippen LogP contribution in [0.1, 0.15) is 40.3 Å². The van der Waals surface area contributed by atoms with Crippen LogP contribution < -0.4 is 5.32 Å². The molecule has 1 aromatic carbocycles. The second kappa shape index (κ2) is 9.99. The Morgan fingerprint density at radius 1 is 1.16 bits per heavy atom. The molecule has 32 heavy (non-hydrogen) atoms. The van der Waals surface area contributed by atoms with Crippen LogP contribution in [0.15, 0.2) is 57.9 Å². The predicted molar refractivity (Wildman–Crippen MR) is 123 cm³/mol. The molecule has 3 heterocycles. The molecule has 3 aromatic rings. The lowest BCUT2D eigenvalue weighted by molar-refractivity contribution is -0.121. The quantitative estimate of drug-likeness (QED) is 0.558. The van der Waals surface area contributed by atoms with Crippen molar-refractivity contribution in [3.05, 3.63) is 71.2 Å². The van der Waals surface area contributed by atoms with Crippen LogP contribution in [0, 0.1) is 19.8 Å². The minimum atomic E-state index is -0.257. The summed E-state index contributed by atoms with van der Waals surface area (Å²) in [5.74, 6) is 1.51. The first-order valence-electron chi connectivity index (χ1n) is 10.7. The zero-order valence-electron chi connectivity index (χ0n) is 18.2. The van der Waals surface area contributed by atoms with Gasteiger partial charge in [-0.1, -0.05) is 23.4 Å². The highest BCUT2D eigenvalue weighted by molar-refractivity contribution is 7.98. The number of anilines is 1. The SMILES string of the molecule is Cc1cc(CSc2ccccc2C(=O)N2CCCC(C(=O)Nc3cccc(C)n3)C2)on1. The summed E-state index contributed by atoms with van der Waals surface area (Å²) in [7, 11) is 0. The van der Waals surface area contributed by atoms with Gasteiger partial charge in [0, 0.05) is 29.7 Å². The van der Waals surface area contributed by atoms with Gasteiger partial charge in [-0.15, -0.1) is 11.8 Å². The molecular formula is C24H26N4O3S. The normalized spacial score (nSPS) is 16.1. The molecule has 0 bridgehead atoms. The van der Waals surface area contributed by atoms with E-state index in [9.17, 15) is 9.59 Å². The minimum absolute atomic E-state index is 0.0481. The molecule has 0 radical (unpaired) electrons. The second-order valence-corrected chi connectivity index (χ2v) is 8.98. The van der Waals surface area contributed by atoms with E-state index in [1.54, 1.807) is 22.7 Å². The Morgan fingerprint density at radius 3 is 2.78 bits per heavy atom. The first-order chi connectivity index (χ1) is 15.5. The summed E-state index contributed by atoms with van der Waals surface area (Å²) >= 11 is 1.55. The number of hydrogen-bond donors (Lipinski definition) is 1. The fourth-order valence-electron chi connectivity index (χ4n) is 3.79. The van der Waals surface area contributed by atoms with Crippen molar-refractivity contribution in [3.8, 4) is 0 Å². The molecule has 1 aliphatic rings. The van der Waals surface area contributed by atoms with Gasteiger partial charge in [0.15, 0.2) is 0 Å². The van der Waals surface area contributed by atoms with E-state index in [0.717, 1.165) is 34.9 Å². The predicted octanol–water partition coefficient (Wildman–Crippen LogP) is 4.47. The average molecular weight is 451 g/mol. The number of carbonyl (C=O) groups is 2.